The maximum absolute atomic E-state index is 14.7. The number of Topliss-reactive ketones (excluding diaryl/α,β-unsaturated/α-hetero) is 1. The van der Waals surface area contributed by atoms with E-state index in [0.717, 1.165) is 60.6 Å². The first-order valence-electron chi connectivity index (χ1n) is 12.2. The van der Waals surface area contributed by atoms with Crippen molar-refractivity contribution in [3.05, 3.63) is 70.4 Å². The second-order valence-corrected chi connectivity index (χ2v) is 10.4. The van der Waals surface area contributed by atoms with Crippen molar-refractivity contribution in [3.8, 4) is 11.3 Å². The van der Waals surface area contributed by atoms with Gasteiger partial charge in [0, 0.05) is 53.5 Å². The van der Waals surface area contributed by atoms with E-state index in [4.69, 9.17) is 5.73 Å². The molecule has 194 valence electrons. The lowest BCUT2D eigenvalue weighted by atomic mass is 9.98. The van der Waals surface area contributed by atoms with Crippen molar-refractivity contribution in [1.29, 1.82) is 0 Å². The van der Waals surface area contributed by atoms with Crippen molar-refractivity contribution in [2.24, 2.45) is 5.73 Å². The van der Waals surface area contributed by atoms with Gasteiger partial charge in [-0.25, -0.2) is 18.2 Å². The number of fused-ring (bicyclic) bond motifs is 1. The number of ketones is 1. The third kappa shape index (κ3) is 4.97. The summed E-state index contributed by atoms with van der Waals surface area (Å²) < 4.78 is 44.1. The second kappa shape index (κ2) is 10.4. The van der Waals surface area contributed by atoms with Crippen molar-refractivity contribution in [2.75, 3.05) is 24.2 Å². The number of halogens is 3. The molecule has 2 aromatic heterocycles. The van der Waals surface area contributed by atoms with Gasteiger partial charge < -0.3 is 15.7 Å². The normalized spacial score (nSPS) is 19.2. The van der Waals surface area contributed by atoms with Gasteiger partial charge in [-0.3, -0.25) is 9.78 Å². The highest BCUT2D eigenvalue weighted by molar-refractivity contribution is 7.98. The molecule has 0 saturated carbocycles. The van der Waals surface area contributed by atoms with E-state index < -0.39 is 40.6 Å². The number of rotatable bonds is 6. The Morgan fingerprint density at radius 2 is 1.95 bits per heavy atom. The van der Waals surface area contributed by atoms with Gasteiger partial charge in [0.2, 0.25) is 0 Å². The Morgan fingerprint density at radius 1 is 1.19 bits per heavy atom. The summed E-state index contributed by atoms with van der Waals surface area (Å²) in [5.74, 6) is -3.27. The fourth-order valence-electron chi connectivity index (χ4n) is 5.22. The van der Waals surface area contributed by atoms with Gasteiger partial charge >= 0.3 is 0 Å². The zero-order valence-corrected chi connectivity index (χ0v) is 21.1. The number of benzene rings is 1. The van der Waals surface area contributed by atoms with E-state index in [2.05, 4.69) is 14.9 Å². The summed E-state index contributed by atoms with van der Waals surface area (Å²) in [5, 5.41) is 10.4. The Kier molecular flexibility index (Phi) is 7.24. The van der Waals surface area contributed by atoms with Crippen molar-refractivity contribution in [3.63, 3.8) is 0 Å². The van der Waals surface area contributed by atoms with Crippen LogP contribution in [0.4, 0.5) is 18.9 Å². The van der Waals surface area contributed by atoms with Gasteiger partial charge in [0.25, 0.3) is 0 Å². The summed E-state index contributed by atoms with van der Waals surface area (Å²) in [6.07, 6.45) is 5.53. The van der Waals surface area contributed by atoms with Crippen molar-refractivity contribution >= 4 is 23.2 Å². The lowest BCUT2D eigenvalue weighted by molar-refractivity contribution is 0.0988. The minimum atomic E-state index is -0.953. The van der Waals surface area contributed by atoms with Gasteiger partial charge in [-0.15, -0.1) is 11.8 Å². The van der Waals surface area contributed by atoms with Gasteiger partial charge in [0.15, 0.2) is 5.78 Å². The molecule has 0 bridgehead atoms. The van der Waals surface area contributed by atoms with Crippen LogP contribution >= 0.6 is 11.8 Å². The number of nitrogens with two attached hydrogens (primary N) is 1. The van der Waals surface area contributed by atoms with Crippen LogP contribution in [0.15, 0.2) is 35.4 Å². The molecular weight excluding hydrogens is 501 g/mol. The molecule has 1 aromatic carbocycles. The maximum atomic E-state index is 14.7. The zero-order valence-electron chi connectivity index (χ0n) is 20.3. The van der Waals surface area contributed by atoms with Crippen LogP contribution in [0.3, 0.4) is 0 Å². The molecule has 10 heteroatoms. The molecule has 6 nitrogen and oxygen atoms in total. The fraction of sp³-hybridized carbons (Fsp3) is 0.370. The summed E-state index contributed by atoms with van der Waals surface area (Å²) in [7, 11) is 0. The number of pyridine rings is 2. The van der Waals surface area contributed by atoms with Crippen LogP contribution in [0.5, 0.6) is 0 Å². The number of hydrogen-bond acceptors (Lipinski definition) is 7. The molecule has 1 fully saturated rings. The Balaban J connectivity index is 1.51. The molecule has 1 saturated heterocycles. The highest BCUT2D eigenvalue weighted by Gasteiger charge is 2.31. The number of anilines is 1. The van der Waals surface area contributed by atoms with E-state index in [1.807, 2.05) is 0 Å². The highest BCUT2D eigenvalue weighted by atomic mass is 32.2. The van der Waals surface area contributed by atoms with Gasteiger partial charge in [-0.2, -0.15) is 0 Å². The number of aromatic nitrogens is 2. The molecule has 1 aliphatic carbocycles. The summed E-state index contributed by atoms with van der Waals surface area (Å²) in [4.78, 5) is 24.3. The molecule has 1 aliphatic heterocycles. The summed E-state index contributed by atoms with van der Waals surface area (Å²) >= 11 is 1.15. The molecule has 2 atom stereocenters. The average Bonchev–Trinajstić information content (AvgIpc) is 3.24. The van der Waals surface area contributed by atoms with Gasteiger partial charge in [-0.05, 0) is 56.2 Å². The SMILES string of the molecule is CSc1cc(F)c(-c2nc(C(=O)Cc3cnc4c(c3N3CCC[C@H](N)C3)CCC4O)ccc2F)c(F)c1. The summed E-state index contributed by atoms with van der Waals surface area (Å²) in [5.41, 5.74) is 8.00. The standard InChI is InChI=1S/C27H27F3N4O2S/c1-37-16-10-19(29)24(20(30)11-16)26-18(28)5-6-21(33-26)23(36)9-14-12-32-25-17(4-7-22(25)35)27(14)34-8-2-3-15(31)13-34/h5-6,10-12,15,22,35H,2-4,7-9,13,31H2,1H3/t15-,22?/m0/s1. The fourth-order valence-corrected chi connectivity index (χ4v) is 5.66. The minimum Gasteiger partial charge on any atom is -0.387 e. The van der Waals surface area contributed by atoms with Crippen molar-refractivity contribution < 1.29 is 23.1 Å². The van der Waals surface area contributed by atoms with Crippen LogP contribution in [0.2, 0.25) is 0 Å². The number of thioether (sulfide) groups is 1. The average molecular weight is 529 g/mol. The second-order valence-electron chi connectivity index (χ2n) is 9.49. The van der Waals surface area contributed by atoms with E-state index in [0.29, 0.717) is 35.5 Å². The molecule has 0 radical (unpaired) electrons. The Labute approximate surface area is 217 Å². The van der Waals surface area contributed by atoms with E-state index in [1.54, 1.807) is 12.5 Å². The largest absolute Gasteiger partial charge is 0.387 e. The van der Waals surface area contributed by atoms with E-state index in [1.165, 1.54) is 6.07 Å². The summed E-state index contributed by atoms with van der Waals surface area (Å²) in [6, 6.07) is 4.43. The Hall–Kier alpha value is -2.95. The van der Waals surface area contributed by atoms with Gasteiger partial charge in [0.05, 0.1) is 17.4 Å². The third-order valence-electron chi connectivity index (χ3n) is 6.99. The van der Waals surface area contributed by atoms with E-state index in [9.17, 15) is 23.1 Å². The topological polar surface area (TPSA) is 92.3 Å². The van der Waals surface area contributed by atoms with Crippen molar-refractivity contribution in [1.82, 2.24) is 9.97 Å². The number of aliphatic hydroxyl groups is 1. The first kappa shape index (κ1) is 25.7. The molecule has 37 heavy (non-hydrogen) atoms. The highest BCUT2D eigenvalue weighted by Crippen LogP contribution is 2.39. The smallest absolute Gasteiger partial charge is 0.185 e. The molecular formula is C27H27F3N4O2S. The Morgan fingerprint density at radius 3 is 2.65 bits per heavy atom. The molecule has 3 N–H and O–H groups in total. The predicted octanol–water partition coefficient (Wildman–Crippen LogP) is 4.62. The number of piperidine rings is 1. The van der Waals surface area contributed by atoms with Gasteiger partial charge in [-0.1, -0.05) is 0 Å². The predicted molar refractivity (Wildman–Crippen MR) is 136 cm³/mol. The monoisotopic (exact) mass is 528 g/mol. The molecule has 0 spiro atoms. The maximum Gasteiger partial charge on any atom is 0.185 e. The number of hydrogen-bond donors (Lipinski definition) is 2. The first-order valence-corrected chi connectivity index (χ1v) is 13.4. The number of aliphatic hydroxyl groups excluding tert-OH is 1. The zero-order chi connectivity index (χ0) is 26.3. The van der Waals surface area contributed by atoms with Crippen LogP contribution in [0.1, 0.15) is 52.7 Å². The van der Waals surface area contributed by atoms with Crippen molar-refractivity contribution in [2.45, 2.75) is 49.1 Å². The molecule has 3 heterocycles. The van der Waals surface area contributed by atoms with Crippen LogP contribution in [0.25, 0.3) is 11.3 Å². The quantitative estimate of drug-likeness (QED) is 0.356. The van der Waals surface area contributed by atoms with Crippen LogP contribution in [-0.4, -0.2) is 46.2 Å². The summed E-state index contributed by atoms with van der Waals surface area (Å²) in [6.45, 7) is 1.39. The lowest BCUT2D eigenvalue weighted by Gasteiger charge is -2.35. The Bertz CT molecular complexity index is 1350. The van der Waals surface area contributed by atoms with Crippen LogP contribution in [0, 0.1) is 17.5 Å². The minimum absolute atomic E-state index is 0.00365. The number of carbonyl (C=O) groups excluding carboxylic acids is 1. The number of carbonyl (C=O) groups is 1. The molecule has 0 amide bonds. The van der Waals surface area contributed by atoms with E-state index in [-0.39, 0.29) is 18.2 Å². The van der Waals surface area contributed by atoms with Crippen LogP contribution in [-0.2, 0) is 12.8 Å². The first-order chi connectivity index (χ1) is 17.8. The molecule has 3 aromatic rings. The van der Waals surface area contributed by atoms with Gasteiger partial charge in [0.1, 0.15) is 28.8 Å². The van der Waals surface area contributed by atoms with Crippen LogP contribution < -0.4 is 10.6 Å². The molecule has 5 rings (SSSR count). The lowest BCUT2D eigenvalue weighted by Crippen LogP contribution is -2.43. The number of nitrogens with zero attached hydrogens (tertiary/aromatic N) is 3. The van der Waals surface area contributed by atoms with E-state index >= 15 is 0 Å². The molecule has 1 unspecified atom stereocenters. The molecule has 2 aliphatic rings. The third-order valence-corrected chi connectivity index (χ3v) is 7.69.